The zero-order valence-corrected chi connectivity index (χ0v) is 6.50. The molecule has 0 aromatic carbocycles. The van der Waals surface area contributed by atoms with E-state index in [1.165, 1.54) is 18.0 Å². The maximum Gasteiger partial charge on any atom is 0.327 e. The van der Waals surface area contributed by atoms with Gasteiger partial charge in [-0.05, 0) is 12.0 Å². The average Bonchev–Trinajstić information content (AvgIpc) is 1.97. The number of likely N-dealkylation sites (N-methyl/N-ethyl adjacent to an activating group) is 1. The fourth-order valence-corrected chi connectivity index (χ4v) is 0.778. The van der Waals surface area contributed by atoms with Gasteiger partial charge in [-0.2, -0.15) is 0 Å². The largest absolute Gasteiger partial charge is 0.860 e. The van der Waals surface area contributed by atoms with E-state index >= 15 is 0 Å². The van der Waals surface area contributed by atoms with Gasteiger partial charge in [-0.1, -0.05) is 6.58 Å². The minimum absolute atomic E-state index is 0.321. The van der Waals surface area contributed by atoms with Crippen molar-refractivity contribution in [1.29, 1.82) is 0 Å². The van der Waals surface area contributed by atoms with Gasteiger partial charge < -0.3 is 10.0 Å². The Morgan fingerprint density at radius 2 is 2.00 bits per heavy atom. The molecule has 0 bridgehead atoms. The lowest BCUT2D eigenvalue weighted by Gasteiger charge is -2.34. The third-order valence-corrected chi connectivity index (χ3v) is 1.63. The second-order valence-corrected chi connectivity index (χ2v) is 2.37. The molecule has 0 atom stereocenters. The predicted molar refractivity (Wildman–Crippen MR) is 38.1 cm³/mol. The number of hydrogen-bond acceptors (Lipinski definition) is 2. The van der Waals surface area contributed by atoms with Crippen molar-refractivity contribution in [3.63, 3.8) is 0 Å². The summed E-state index contributed by atoms with van der Waals surface area (Å²) >= 11 is 0. The standard InChI is InChI=1S/C7H10N2O2/c1-5-4-6(10)9(3)7(11)8(5)2/h4,10H,1H2,2-3H3/p-1. The molecule has 0 spiro atoms. The number of rotatable bonds is 0. The Labute approximate surface area is 65.0 Å². The quantitative estimate of drug-likeness (QED) is 0.479. The summed E-state index contributed by atoms with van der Waals surface area (Å²) < 4.78 is 0. The van der Waals surface area contributed by atoms with Crippen molar-refractivity contribution in [1.82, 2.24) is 9.80 Å². The SMILES string of the molecule is C=C1C=C([O-])N(C)C(=O)N1C. The number of urea groups is 1. The second kappa shape index (κ2) is 2.30. The molecule has 60 valence electrons. The van der Waals surface area contributed by atoms with Crippen molar-refractivity contribution < 1.29 is 9.90 Å². The molecule has 4 heteroatoms. The molecule has 0 N–H and O–H groups in total. The first kappa shape index (κ1) is 7.65. The van der Waals surface area contributed by atoms with Crippen LogP contribution in [0.25, 0.3) is 0 Å². The van der Waals surface area contributed by atoms with Crippen LogP contribution in [0.15, 0.2) is 24.2 Å². The third-order valence-electron chi connectivity index (χ3n) is 1.63. The molecule has 4 nitrogen and oxygen atoms in total. The number of hydrogen-bond donors (Lipinski definition) is 0. The summed E-state index contributed by atoms with van der Waals surface area (Å²) in [6, 6.07) is -0.345. The second-order valence-electron chi connectivity index (χ2n) is 2.37. The molecule has 0 aliphatic carbocycles. The first-order chi connectivity index (χ1) is 5.04. The molecule has 2 amide bonds. The van der Waals surface area contributed by atoms with E-state index in [4.69, 9.17) is 0 Å². The lowest BCUT2D eigenvalue weighted by atomic mass is 10.3. The normalized spacial score (nSPS) is 18.9. The highest BCUT2D eigenvalue weighted by Crippen LogP contribution is 2.13. The van der Waals surface area contributed by atoms with E-state index in [0.29, 0.717) is 5.70 Å². The molecule has 1 aliphatic heterocycles. The van der Waals surface area contributed by atoms with Gasteiger partial charge >= 0.3 is 6.03 Å². The van der Waals surface area contributed by atoms with Crippen molar-refractivity contribution in [2.24, 2.45) is 0 Å². The van der Waals surface area contributed by atoms with Gasteiger partial charge in [0.25, 0.3) is 0 Å². The van der Waals surface area contributed by atoms with Crippen molar-refractivity contribution >= 4 is 6.03 Å². The van der Waals surface area contributed by atoms with Gasteiger partial charge in [0.15, 0.2) is 0 Å². The highest BCUT2D eigenvalue weighted by molar-refractivity contribution is 5.79. The summed E-state index contributed by atoms with van der Waals surface area (Å²) in [5, 5.41) is 10.9. The summed E-state index contributed by atoms with van der Waals surface area (Å²) in [7, 11) is 3.01. The molecule has 1 aliphatic rings. The predicted octanol–water partition coefficient (Wildman–Crippen LogP) is -0.301. The summed E-state index contributed by atoms with van der Waals surface area (Å²) in [5.41, 5.74) is 0.429. The third kappa shape index (κ3) is 1.07. The van der Waals surface area contributed by atoms with Gasteiger partial charge in [0.1, 0.15) is 0 Å². The average molecular weight is 153 g/mol. The molecule has 0 aromatic heterocycles. The lowest BCUT2D eigenvalue weighted by molar-refractivity contribution is -0.327. The maximum atomic E-state index is 11.1. The highest BCUT2D eigenvalue weighted by atomic mass is 16.3. The number of allylic oxidation sites excluding steroid dienone is 1. The molecule has 11 heavy (non-hydrogen) atoms. The van der Waals surface area contributed by atoms with E-state index in [1.54, 1.807) is 7.05 Å². The van der Waals surface area contributed by atoms with E-state index in [-0.39, 0.29) is 11.9 Å². The number of carbonyl (C=O) groups excluding carboxylic acids is 1. The van der Waals surface area contributed by atoms with Crippen molar-refractivity contribution in [2.75, 3.05) is 14.1 Å². The summed E-state index contributed by atoms with van der Waals surface area (Å²) in [4.78, 5) is 13.5. The van der Waals surface area contributed by atoms with Crippen LogP contribution in [0, 0.1) is 0 Å². The zero-order chi connectivity index (χ0) is 8.59. The van der Waals surface area contributed by atoms with Crippen LogP contribution in [-0.4, -0.2) is 29.9 Å². The smallest absolute Gasteiger partial charge is 0.327 e. The van der Waals surface area contributed by atoms with Crippen molar-refractivity contribution in [3.05, 3.63) is 24.2 Å². The van der Waals surface area contributed by atoms with Crippen LogP contribution in [-0.2, 0) is 0 Å². The van der Waals surface area contributed by atoms with E-state index < -0.39 is 0 Å². The van der Waals surface area contributed by atoms with Gasteiger partial charge in [0.05, 0.1) is 0 Å². The molecule has 0 aromatic rings. The van der Waals surface area contributed by atoms with E-state index in [0.717, 1.165) is 4.90 Å². The van der Waals surface area contributed by atoms with Gasteiger partial charge in [-0.15, -0.1) is 0 Å². The maximum absolute atomic E-state index is 11.1. The molecule has 0 saturated carbocycles. The Morgan fingerprint density at radius 3 is 2.55 bits per heavy atom. The highest BCUT2D eigenvalue weighted by Gasteiger charge is 2.19. The van der Waals surface area contributed by atoms with Crippen LogP contribution >= 0.6 is 0 Å². The summed E-state index contributed by atoms with van der Waals surface area (Å²) in [6.45, 7) is 3.53. The van der Waals surface area contributed by atoms with E-state index in [1.807, 2.05) is 0 Å². The van der Waals surface area contributed by atoms with Crippen LogP contribution in [0.5, 0.6) is 0 Å². The molecule has 0 radical (unpaired) electrons. The minimum atomic E-state index is -0.345. The van der Waals surface area contributed by atoms with E-state index in [9.17, 15) is 9.90 Å². The Hall–Kier alpha value is -1.45. The molecule has 1 rings (SSSR count). The van der Waals surface area contributed by atoms with Crippen LogP contribution < -0.4 is 5.11 Å². The Bertz CT molecular complexity index is 245. The lowest BCUT2D eigenvalue weighted by Crippen LogP contribution is -2.44. The molecule has 1 heterocycles. The van der Waals surface area contributed by atoms with Gasteiger partial charge in [0, 0.05) is 19.8 Å². The van der Waals surface area contributed by atoms with Gasteiger partial charge in [-0.3, -0.25) is 4.90 Å². The molecule has 0 unspecified atom stereocenters. The first-order valence-electron chi connectivity index (χ1n) is 3.13. The summed E-state index contributed by atoms with van der Waals surface area (Å²) in [6.07, 6.45) is 1.32. The first-order valence-corrected chi connectivity index (χ1v) is 3.13. The van der Waals surface area contributed by atoms with E-state index in [2.05, 4.69) is 6.58 Å². The van der Waals surface area contributed by atoms with Crippen LogP contribution in [0.4, 0.5) is 4.79 Å². The van der Waals surface area contributed by atoms with Crippen LogP contribution in [0.3, 0.4) is 0 Å². The van der Waals surface area contributed by atoms with Crippen LogP contribution in [0.2, 0.25) is 0 Å². The van der Waals surface area contributed by atoms with Crippen molar-refractivity contribution in [2.45, 2.75) is 0 Å². The Morgan fingerprint density at radius 1 is 1.45 bits per heavy atom. The molecule has 0 fully saturated rings. The topological polar surface area (TPSA) is 46.6 Å². The fraction of sp³-hybridized carbons (Fsp3) is 0.286. The Kier molecular flexibility index (Phi) is 1.60. The molecular formula is C7H9N2O2-. The Balaban J connectivity index is 3.01. The van der Waals surface area contributed by atoms with Gasteiger partial charge in [0.2, 0.25) is 0 Å². The van der Waals surface area contributed by atoms with Gasteiger partial charge in [-0.25, -0.2) is 4.79 Å². The number of nitrogens with zero attached hydrogens (tertiary/aromatic N) is 2. The number of carbonyl (C=O) groups is 1. The zero-order valence-electron chi connectivity index (χ0n) is 6.50. The van der Waals surface area contributed by atoms with Crippen molar-refractivity contribution in [3.8, 4) is 0 Å². The minimum Gasteiger partial charge on any atom is -0.860 e. The monoisotopic (exact) mass is 153 g/mol. The fourth-order valence-electron chi connectivity index (χ4n) is 0.778. The number of amides is 2. The summed E-state index contributed by atoms with van der Waals surface area (Å²) in [5.74, 6) is -0.321. The molecule has 0 saturated heterocycles. The molecular weight excluding hydrogens is 144 g/mol. The van der Waals surface area contributed by atoms with Crippen LogP contribution in [0.1, 0.15) is 0 Å².